The van der Waals surface area contributed by atoms with E-state index in [9.17, 15) is 9.90 Å². The number of para-hydroxylation sites is 1. The van der Waals surface area contributed by atoms with E-state index in [1.807, 2.05) is 31.2 Å². The number of aliphatic hydroxyl groups excluding tert-OH is 1. The van der Waals surface area contributed by atoms with E-state index in [4.69, 9.17) is 4.74 Å². The van der Waals surface area contributed by atoms with Crippen LogP contribution >= 0.6 is 0 Å². The molecule has 2 amide bonds. The number of carbonyl (C=O) groups is 1. The van der Waals surface area contributed by atoms with Crippen molar-refractivity contribution in [1.29, 1.82) is 0 Å². The van der Waals surface area contributed by atoms with Gasteiger partial charge in [0.25, 0.3) is 0 Å². The third-order valence-corrected chi connectivity index (χ3v) is 3.56. The summed E-state index contributed by atoms with van der Waals surface area (Å²) in [5.74, 6) is 1.16. The molecule has 0 aromatic heterocycles. The summed E-state index contributed by atoms with van der Waals surface area (Å²) in [4.78, 5) is 11.7. The van der Waals surface area contributed by atoms with Crippen LogP contribution in [0.25, 0.3) is 0 Å². The quantitative estimate of drug-likeness (QED) is 0.747. The van der Waals surface area contributed by atoms with Crippen LogP contribution in [0, 0.1) is 5.92 Å². The second kappa shape index (κ2) is 7.31. The van der Waals surface area contributed by atoms with Gasteiger partial charge in [-0.1, -0.05) is 25.1 Å². The van der Waals surface area contributed by atoms with Crippen LogP contribution in [0.4, 0.5) is 4.79 Å². The van der Waals surface area contributed by atoms with Crippen LogP contribution in [0.15, 0.2) is 24.3 Å². The average Bonchev–Trinajstić information content (AvgIpc) is 2.85. The minimum absolute atomic E-state index is 0.00281. The molecular formula is C16H24N2O3. The highest BCUT2D eigenvalue weighted by atomic mass is 16.5. The Morgan fingerprint density at radius 1 is 1.38 bits per heavy atom. The zero-order chi connectivity index (χ0) is 15.2. The van der Waals surface area contributed by atoms with Gasteiger partial charge < -0.3 is 20.5 Å². The number of benzene rings is 1. The van der Waals surface area contributed by atoms with Crippen LogP contribution in [0.3, 0.4) is 0 Å². The van der Waals surface area contributed by atoms with Gasteiger partial charge in [-0.15, -0.1) is 0 Å². The van der Waals surface area contributed by atoms with E-state index in [-0.39, 0.29) is 24.2 Å². The number of fused-ring (bicyclic) bond motifs is 1. The maximum Gasteiger partial charge on any atom is 0.314 e. The first-order chi connectivity index (χ1) is 10.0. The number of aliphatic hydroxyl groups is 1. The molecule has 1 heterocycles. The van der Waals surface area contributed by atoms with Gasteiger partial charge in [0.1, 0.15) is 11.9 Å². The highest BCUT2D eigenvalue weighted by molar-refractivity contribution is 5.73. The summed E-state index contributed by atoms with van der Waals surface area (Å²) in [7, 11) is 0. The van der Waals surface area contributed by atoms with Crippen LogP contribution in [-0.4, -0.2) is 36.4 Å². The number of nitrogens with one attached hydrogen (secondary N) is 2. The second-order valence-electron chi connectivity index (χ2n) is 5.83. The fourth-order valence-corrected chi connectivity index (χ4v) is 2.57. The maximum absolute atomic E-state index is 11.7. The third-order valence-electron chi connectivity index (χ3n) is 3.56. The Kier molecular flexibility index (Phi) is 5.44. The fourth-order valence-electron chi connectivity index (χ4n) is 2.57. The van der Waals surface area contributed by atoms with Gasteiger partial charge in [0.05, 0.1) is 12.6 Å². The summed E-state index contributed by atoms with van der Waals surface area (Å²) in [6.45, 7) is 4.81. The Hall–Kier alpha value is -1.75. The van der Waals surface area contributed by atoms with E-state index in [0.29, 0.717) is 19.5 Å². The molecule has 1 aromatic rings. The van der Waals surface area contributed by atoms with Crippen molar-refractivity contribution < 1.29 is 14.6 Å². The van der Waals surface area contributed by atoms with Gasteiger partial charge in [-0.2, -0.15) is 0 Å². The number of carbonyl (C=O) groups excluding carboxylic acids is 1. The van der Waals surface area contributed by atoms with E-state index in [1.165, 1.54) is 5.56 Å². The highest BCUT2D eigenvalue weighted by Crippen LogP contribution is 2.27. The minimum Gasteiger partial charge on any atom is -0.488 e. The van der Waals surface area contributed by atoms with Gasteiger partial charge in [-0.3, -0.25) is 0 Å². The Morgan fingerprint density at radius 3 is 2.86 bits per heavy atom. The summed E-state index contributed by atoms with van der Waals surface area (Å²) in [6.07, 6.45) is 1.18. The molecule has 3 N–H and O–H groups in total. The smallest absolute Gasteiger partial charge is 0.314 e. The van der Waals surface area contributed by atoms with Crippen molar-refractivity contribution in [1.82, 2.24) is 10.6 Å². The molecule has 0 fully saturated rings. The summed E-state index contributed by atoms with van der Waals surface area (Å²) in [5.41, 5.74) is 1.19. The summed E-state index contributed by atoms with van der Waals surface area (Å²) >= 11 is 0. The number of rotatable bonds is 6. The topological polar surface area (TPSA) is 70.6 Å². The number of hydrogen-bond acceptors (Lipinski definition) is 3. The van der Waals surface area contributed by atoms with Gasteiger partial charge in [0.2, 0.25) is 0 Å². The molecule has 0 saturated heterocycles. The largest absolute Gasteiger partial charge is 0.488 e. The third kappa shape index (κ3) is 4.93. The van der Waals surface area contributed by atoms with E-state index >= 15 is 0 Å². The van der Waals surface area contributed by atoms with Crippen molar-refractivity contribution in [2.24, 2.45) is 5.92 Å². The zero-order valence-electron chi connectivity index (χ0n) is 12.6. The van der Waals surface area contributed by atoms with Crippen molar-refractivity contribution >= 4 is 6.03 Å². The van der Waals surface area contributed by atoms with E-state index in [2.05, 4.69) is 10.6 Å². The van der Waals surface area contributed by atoms with E-state index in [0.717, 1.165) is 12.2 Å². The molecule has 1 aliphatic heterocycles. The first-order valence-corrected chi connectivity index (χ1v) is 7.49. The number of ether oxygens (including phenoxy) is 1. The molecule has 5 nitrogen and oxygen atoms in total. The van der Waals surface area contributed by atoms with Gasteiger partial charge in [0.15, 0.2) is 0 Å². The number of amides is 2. The summed E-state index contributed by atoms with van der Waals surface area (Å²) < 4.78 is 5.76. The maximum atomic E-state index is 11.7. The first kappa shape index (κ1) is 15.6. The predicted octanol–water partition coefficient (Wildman–Crippen LogP) is 1.70. The van der Waals surface area contributed by atoms with E-state index < -0.39 is 0 Å². The van der Waals surface area contributed by atoms with Gasteiger partial charge in [0, 0.05) is 13.0 Å². The zero-order valence-corrected chi connectivity index (χ0v) is 12.6. The van der Waals surface area contributed by atoms with Crippen LogP contribution in [0.5, 0.6) is 5.75 Å². The molecule has 116 valence electrons. The Morgan fingerprint density at radius 2 is 2.14 bits per heavy atom. The molecular weight excluding hydrogens is 268 g/mol. The molecule has 0 spiro atoms. The molecule has 0 saturated carbocycles. The monoisotopic (exact) mass is 292 g/mol. The van der Waals surface area contributed by atoms with Crippen molar-refractivity contribution in [2.45, 2.75) is 38.9 Å². The Bertz CT molecular complexity index is 451. The lowest BCUT2D eigenvalue weighted by molar-refractivity contribution is 0.163. The molecule has 0 radical (unpaired) electrons. The van der Waals surface area contributed by atoms with Crippen LogP contribution in [0.1, 0.15) is 25.8 Å². The molecule has 2 rings (SSSR count). The molecule has 3 atom stereocenters. The molecule has 5 heteroatoms. The summed E-state index contributed by atoms with van der Waals surface area (Å²) in [6, 6.07) is 7.76. The highest BCUT2D eigenvalue weighted by Gasteiger charge is 2.22. The molecule has 1 aliphatic rings. The first-order valence-electron chi connectivity index (χ1n) is 7.49. The molecule has 0 aliphatic carbocycles. The SMILES string of the molecule is CC(O)CC(C)CNC(=O)NCC1Cc2ccccc2O1. The molecule has 0 bridgehead atoms. The number of urea groups is 1. The Balaban J connectivity index is 1.64. The number of hydrogen-bond donors (Lipinski definition) is 3. The normalized spacial score (nSPS) is 19.3. The lowest BCUT2D eigenvalue weighted by Crippen LogP contribution is -2.42. The second-order valence-corrected chi connectivity index (χ2v) is 5.83. The average molecular weight is 292 g/mol. The standard InChI is InChI=1S/C16H24N2O3/c1-11(7-12(2)19)9-17-16(20)18-10-14-8-13-5-3-4-6-15(13)21-14/h3-6,11-12,14,19H,7-10H2,1-2H3,(H2,17,18,20). The van der Waals surface area contributed by atoms with Gasteiger partial charge in [-0.25, -0.2) is 4.79 Å². The van der Waals surface area contributed by atoms with E-state index in [1.54, 1.807) is 6.92 Å². The fraction of sp³-hybridized carbons (Fsp3) is 0.562. The molecule has 1 aromatic carbocycles. The molecule has 21 heavy (non-hydrogen) atoms. The van der Waals surface area contributed by atoms with Crippen molar-refractivity contribution in [3.8, 4) is 5.75 Å². The van der Waals surface area contributed by atoms with Crippen LogP contribution in [-0.2, 0) is 6.42 Å². The van der Waals surface area contributed by atoms with Crippen LogP contribution < -0.4 is 15.4 Å². The van der Waals surface area contributed by atoms with Crippen molar-refractivity contribution in [3.63, 3.8) is 0 Å². The van der Waals surface area contributed by atoms with Crippen LogP contribution in [0.2, 0.25) is 0 Å². The predicted molar refractivity (Wildman–Crippen MR) is 81.4 cm³/mol. The minimum atomic E-state index is -0.338. The van der Waals surface area contributed by atoms with Crippen molar-refractivity contribution in [2.75, 3.05) is 13.1 Å². The lowest BCUT2D eigenvalue weighted by atomic mass is 10.1. The lowest BCUT2D eigenvalue weighted by Gasteiger charge is -2.16. The van der Waals surface area contributed by atoms with Crippen molar-refractivity contribution in [3.05, 3.63) is 29.8 Å². The summed E-state index contributed by atoms with van der Waals surface area (Å²) in [5, 5.41) is 14.9. The van der Waals surface area contributed by atoms with Gasteiger partial charge in [-0.05, 0) is 30.9 Å². The van der Waals surface area contributed by atoms with Gasteiger partial charge >= 0.3 is 6.03 Å². The Labute approximate surface area is 125 Å². The molecule has 3 unspecified atom stereocenters.